The third-order valence-electron chi connectivity index (χ3n) is 3.57. The van der Waals surface area contributed by atoms with Crippen molar-refractivity contribution in [1.29, 1.82) is 0 Å². The molecule has 1 unspecified atom stereocenters. The summed E-state index contributed by atoms with van der Waals surface area (Å²) < 4.78 is 13.0. The van der Waals surface area contributed by atoms with Crippen LogP contribution >= 0.6 is 0 Å². The van der Waals surface area contributed by atoms with E-state index in [2.05, 4.69) is 38.0 Å². The highest BCUT2D eigenvalue weighted by Gasteiger charge is 2.12. The van der Waals surface area contributed by atoms with E-state index in [1.165, 1.54) is 5.56 Å². The van der Waals surface area contributed by atoms with Crippen LogP contribution in [0.4, 0.5) is 4.39 Å². The van der Waals surface area contributed by atoms with Crippen molar-refractivity contribution in [1.82, 2.24) is 10.2 Å². The van der Waals surface area contributed by atoms with Gasteiger partial charge in [-0.3, -0.25) is 0 Å². The van der Waals surface area contributed by atoms with Crippen LogP contribution in [0.15, 0.2) is 24.3 Å². The van der Waals surface area contributed by atoms with Crippen LogP contribution in [-0.2, 0) is 0 Å². The molecule has 0 aliphatic carbocycles. The van der Waals surface area contributed by atoms with Crippen LogP contribution in [0.3, 0.4) is 0 Å². The summed E-state index contributed by atoms with van der Waals surface area (Å²) in [6.45, 7) is 8.59. The minimum Gasteiger partial charge on any atom is -0.310 e. The second-order valence-corrected chi connectivity index (χ2v) is 5.42. The molecule has 0 spiro atoms. The summed E-state index contributed by atoms with van der Waals surface area (Å²) in [5, 5.41) is 3.55. The number of hydrogen-bond donors (Lipinski definition) is 1. The van der Waals surface area contributed by atoms with Crippen LogP contribution in [0.1, 0.15) is 45.2 Å². The van der Waals surface area contributed by atoms with Crippen molar-refractivity contribution in [3.05, 3.63) is 35.6 Å². The maximum Gasteiger partial charge on any atom is 0.123 e. The quantitative estimate of drug-likeness (QED) is 0.773. The Bertz CT molecular complexity index is 348. The predicted octanol–water partition coefficient (Wildman–Crippen LogP) is 3.60. The van der Waals surface area contributed by atoms with Gasteiger partial charge >= 0.3 is 0 Å². The third kappa shape index (κ3) is 5.70. The summed E-state index contributed by atoms with van der Waals surface area (Å²) in [6, 6.07) is 7.72. The maximum atomic E-state index is 13.0. The van der Waals surface area contributed by atoms with Crippen LogP contribution in [-0.4, -0.2) is 31.1 Å². The van der Waals surface area contributed by atoms with E-state index in [9.17, 15) is 4.39 Å². The van der Waals surface area contributed by atoms with Gasteiger partial charge in [0.05, 0.1) is 0 Å². The molecule has 108 valence electrons. The molecule has 0 aromatic heterocycles. The molecule has 0 saturated heterocycles. The Morgan fingerprint density at radius 2 is 1.84 bits per heavy atom. The number of benzene rings is 1. The van der Waals surface area contributed by atoms with E-state index in [1.54, 1.807) is 12.1 Å². The molecule has 0 heterocycles. The molecule has 0 saturated carbocycles. The van der Waals surface area contributed by atoms with Gasteiger partial charge in [0.25, 0.3) is 0 Å². The monoisotopic (exact) mass is 266 g/mol. The molecular weight excluding hydrogens is 239 g/mol. The average molecular weight is 266 g/mol. The third-order valence-corrected chi connectivity index (χ3v) is 3.57. The topological polar surface area (TPSA) is 15.3 Å². The fourth-order valence-corrected chi connectivity index (χ4v) is 1.99. The standard InChI is InChI=1S/C16H27FN2/c1-5-11-18-16(10-12-19(4)13(2)3)14-6-8-15(17)9-7-14/h6-9,13,16,18H,5,10-12H2,1-4H3. The lowest BCUT2D eigenvalue weighted by Gasteiger charge is -2.25. The molecule has 2 nitrogen and oxygen atoms in total. The summed E-state index contributed by atoms with van der Waals surface area (Å²) in [6.07, 6.45) is 2.15. The molecule has 1 N–H and O–H groups in total. The lowest BCUT2D eigenvalue weighted by Crippen LogP contribution is -2.31. The van der Waals surface area contributed by atoms with Crippen molar-refractivity contribution < 1.29 is 4.39 Å². The molecule has 0 amide bonds. The van der Waals surface area contributed by atoms with E-state index >= 15 is 0 Å². The zero-order valence-electron chi connectivity index (χ0n) is 12.6. The van der Waals surface area contributed by atoms with Gasteiger partial charge in [0.2, 0.25) is 0 Å². The zero-order valence-corrected chi connectivity index (χ0v) is 12.6. The minimum atomic E-state index is -0.169. The smallest absolute Gasteiger partial charge is 0.123 e. The Hall–Kier alpha value is -0.930. The molecular formula is C16H27FN2. The van der Waals surface area contributed by atoms with E-state index in [1.807, 2.05) is 12.1 Å². The fraction of sp³-hybridized carbons (Fsp3) is 0.625. The van der Waals surface area contributed by atoms with Crippen LogP contribution in [0.5, 0.6) is 0 Å². The SMILES string of the molecule is CCCNC(CCN(C)C(C)C)c1ccc(F)cc1. The highest BCUT2D eigenvalue weighted by molar-refractivity contribution is 5.19. The summed E-state index contributed by atoms with van der Waals surface area (Å²) in [5.74, 6) is -0.169. The molecule has 0 radical (unpaired) electrons. The molecule has 0 aliphatic heterocycles. The first-order valence-corrected chi connectivity index (χ1v) is 7.23. The van der Waals surface area contributed by atoms with Gasteiger partial charge in [-0.1, -0.05) is 19.1 Å². The van der Waals surface area contributed by atoms with Crippen LogP contribution in [0.25, 0.3) is 0 Å². The van der Waals surface area contributed by atoms with Crippen molar-refractivity contribution in [2.24, 2.45) is 0 Å². The van der Waals surface area contributed by atoms with Crippen LogP contribution in [0, 0.1) is 5.82 Å². The largest absolute Gasteiger partial charge is 0.310 e. The molecule has 0 aliphatic rings. The van der Waals surface area contributed by atoms with Gasteiger partial charge in [-0.2, -0.15) is 0 Å². The number of rotatable bonds is 8. The number of halogens is 1. The second-order valence-electron chi connectivity index (χ2n) is 5.42. The van der Waals surface area contributed by atoms with Crippen molar-refractivity contribution >= 4 is 0 Å². The van der Waals surface area contributed by atoms with Crippen LogP contribution in [0.2, 0.25) is 0 Å². The van der Waals surface area contributed by atoms with Gasteiger partial charge in [-0.05, 0) is 64.5 Å². The number of nitrogens with one attached hydrogen (secondary N) is 1. The molecule has 3 heteroatoms. The Morgan fingerprint density at radius 1 is 1.21 bits per heavy atom. The Balaban J connectivity index is 2.63. The normalized spacial score (nSPS) is 13.2. The maximum absolute atomic E-state index is 13.0. The summed E-state index contributed by atoms with van der Waals surface area (Å²) in [4.78, 5) is 2.34. The van der Waals surface area contributed by atoms with E-state index in [-0.39, 0.29) is 5.82 Å². The van der Waals surface area contributed by atoms with Crippen molar-refractivity contribution in [2.75, 3.05) is 20.1 Å². The molecule has 1 aromatic rings. The second kappa shape index (κ2) is 8.28. The molecule has 0 fully saturated rings. The Kier molecular flexibility index (Phi) is 7.03. The van der Waals surface area contributed by atoms with E-state index < -0.39 is 0 Å². The molecule has 1 aromatic carbocycles. The van der Waals surface area contributed by atoms with Crippen molar-refractivity contribution in [3.8, 4) is 0 Å². The first kappa shape index (κ1) is 16.1. The van der Waals surface area contributed by atoms with Gasteiger partial charge in [0.1, 0.15) is 5.82 Å². The van der Waals surface area contributed by atoms with E-state index in [4.69, 9.17) is 0 Å². The lowest BCUT2D eigenvalue weighted by molar-refractivity contribution is 0.256. The van der Waals surface area contributed by atoms with E-state index in [0.717, 1.165) is 25.9 Å². The number of nitrogens with zero attached hydrogens (tertiary/aromatic N) is 1. The molecule has 19 heavy (non-hydrogen) atoms. The van der Waals surface area contributed by atoms with Gasteiger partial charge in [-0.25, -0.2) is 4.39 Å². The molecule has 0 bridgehead atoms. The predicted molar refractivity (Wildman–Crippen MR) is 79.8 cm³/mol. The highest BCUT2D eigenvalue weighted by atomic mass is 19.1. The molecule has 1 rings (SSSR count). The van der Waals surface area contributed by atoms with Gasteiger partial charge < -0.3 is 10.2 Å². The minimum absolute atomic E-state index is 0.169. The summed E-state index contributed by atoms with van der Waals surface area (Å²) >= 11 is 0. The van der Waals surface area contributed by atoms with E-state index in [0.29, 0.717) is 12.1 Å². The van der Waals surface area contributed by atoms with Gasteiger partial charge in [0.15, 0.2) is 0 Å². The van der Waals surface area contributed by atoms with Crippen LogP contribution < -0.4 is 5.32 Å². The zero-order chi connectivity index (χ0) is 14.3. The average Bonchev–Trinajstić information content (AvgIpc) is 2.39. The van der Waals surface area contributed by atoms with Crippen molar-refractivity contribution in [3.63, 3.8) is 0 Å². The summed E-state index contributed by atoms with van der Waals surface area (Å²) in [7, 11) is 2.15. The Morgan fingerprint density at radius 3 is 2.37 bits per heavy atom. The van der Waals surface area contributed by atoms with Crippen molar-refractivity contribution in [2.45, 2.75) is 45.7 Å². The highest BCUT2D eigenvalue weighted by Crippen LogP contribution is 2.18. The summed E-state index contributed by atoms with van der Waals surface area (Å²) in [5.41, 5.74) is 1.17. The molecule has 1 atom stereocenters. The first-order chi connectivity index (χ1) is 9.04. The Labute approximate surface area is 117 Å². The van der Waals surface area contributed by atoms with Gasteiger partial charge in [0, 0.05) is 12.1 Å². The lowest BCUT2D eigenvalue weighted by atomic mass is 10.0. The first-order valence-electron chi connectivity index (χ1n) is 7.23. The fourth-order valence-electron chi connectivity index (χ4n) is 1.99. The van der Waals surface area contributed by atoms with Gasteiger partial charge in [-0.15, -0.1) is 0 Å². The number of hydrogen-bond acceptors (Lipinski definition) is 2.